The highest BCUT2D eigenvalue weighted by Gasteiger charge is 2.23. The van der Waals surface area contributed by atoms with Crippen LogP contribution in [0.3, 0.4) is 0 Å². The van der Waals surface area contributed by atoms with Gasteiger partial charge in [-0.1, -0.05) is 22.9 Å². The Kier molecular flexibility index (Phi) is 7.53. The third-order valence-corrected chi connectivity index (χ3v) is 6.08. The van der Waals surface area contributed by atoms with Crippen molar-refractivity contribution in [1.82, 2.24) is 0 Å². The number of hydrogen-bond acceptors (Lipinski definition) is 5. The molecule has 134 valence electrons. The first-order chi connectivity index (χ1) is 12.0. The molecular weight excluding hydrogens is 422 g/mol. The summed E-state index contributed by atoms with van der Waals surface area (Å²) >= 11 is 6.27. The van der Waals surface area contributed by atoms with Gasteiger partial charge in [0.15, 0.2) is 0 Å². The molecule has 1 aromatic heterocycles. The maximum atomic E-state index is 12.3. The summed E-state index contributed by atoms with van der Waals surface area (Å²) in [6, 6.07) is 7.79. The van der Waals surface area contributed by atoms with E-state index in [-0.39, 0.29) is 17.6 Å². The number of carbonyl (C=O) groups excluding carboxylic acids is 2. The van der Waals surface area contributed by atoms with Crippen LogP contribution in [0.15, 0.2) is 33.6 Å². The van der Waals surface area contributed by atoms with Gasteiger partial charge in [-0.15, -0.1) is 23.1 Å². The van der Waals surface area contributed by atoms with E-state index in [0.717, 1.165) is 26.2 Å². The molecule has 7 heteroatoms. The molecule has 0 unspecified atom stereocenters. The molecule has 0 aliphatic rings. The average Bonchev–Trinajstić information content (AvgIpc) is 2.89. The first-order valence-electron chi connectivity index (χ1n) is 7.93. The van der Waals surface area contributed by atoms with E-state index in [4.69, 9.17) is 4.74 Å². The zero-order valence-electron chi connectivity index (χ0n) is 14.3. The summed E-state index contributed by atoms with van der Waals surface area (Å²) in [6.07, 6.45) is 0.722. The van der Waals surface area contributed by atoms with Crippen LogP contribution in [0, 0.1) is 6.92 Å². The van der Waals surface area contributed by atoms with E-state index >= 15 is 0 Å². The molecule has 0 fully saturated rings. The van der Waals surface area contributed by atoms with Gasteiger partial charge in [0, 0.05) is 14.2 Å². The summed E-state index contributed by atoms with van der Waals surface area (Å²) in [6.45, 7) is 6.03. The molecule has 2 aromatic rings. The molecule has 1 N–H and O–H groups in total. The Hall–Kier alpha value is -1.31. The largest absolute Gasteiger partial charge is 0.462 e. The Morgan fingerprint density at radius 1 is 1.24 bits per heavy atom. The number of ether oxygens (including phenoxy) is 1. The molecular formula is C18H20BrNO3S2. The van der Waals surface area contributed by atoms with Gasteiger partial charge in [0.1, 0.15) is 5.00 Å². The summed E-state index contributed by atoms with van der Waals surface area (Å²) in [5.41, 5.74) is 1.44. The molecule has 4 nitrogen and oxygen atoms in total. The van der Waals surface area contributed by atoms with Crippen LogP contribution in [0.4, 0.5) is 5.00 Å². The molecule has 0 saturated heterocycles. The van der Waals surface area contributed by atoms with Gasteiger partial charge < -0.3 is 10.1 Å². The van der Waals surface area contributed by atoms with Crippen LogP contribution in [0.1, 0.15) is 34.6 Å². The first kappa shape index (κ1) is 20.0. The number of carbonyl (C=O) groups is 2. The predicted octanol–water partition coefficient (Wildman–Crippen LogP) is 5.29. The van der Waals surface area contributed by atoms with Crippen LogP contribution >= 0.6 is 39.0 Å². The molecule has 1 amide bonds. The monoisotopic (exact) mass is 441 g/mol. The second-order valence-electron chi connectivity index (χ2n) is 5.21. The number of nitrogens with one attached hydrogen (secondary N) is 1. The lowest BCUT2D eigenvalue weighted by molar-refractivity contribution is -0.113. The van der Waals surface area contributed by atoms with Gasteiger partial charge in [-0.25, -0.2) is 4.79 Å². The van der Waals surface area contributed by atoms with E-state index < -0.39 is 0 Å². The number of thiophene rings is 1. The van der Waals surface area contributed by atoms with Crippen molar-refractivity contribution in [3.63, 3.8) is 0 Å². The topological polar surface area (TPSA) is 55.4 Å². The minimum Gasteiger partial charge on any atom is -0.462 e. The zero-order chi connectivity index (χ0) is 18.4. The van der Waals surface area contributed by atoms with Gasteiger partial charge in [0.2, 0.25) is 5.91 Å². The Labute approximate surface area is 164 Å². The predicted molar refractivity (Wildman–Crippen MR) is 108 cm³/mol. The average molecular weight is 442 g/mol. The molecule has 1 aromatic carbocycles. The van der Waals surface area contributed by atoms with E-state index in [9.17, 15) is 9.59 Å². The van der Waals surface area contributed by atoms with Crippen molar-refractivity contribution in [2.45, 2.75) is 32.1 Å². The van der Waals surface area contributed by atoms with Crippen molar-refractivity contribution in [1.29, 1.82) is 0 Å². The van der Waals surface area contributed by atoms with Crippen molar-refractivity contribution in [2.24, 2.45) is 0 Å². The van der Waals surface area contributed by atoms with Crippen LogP contribution in [0.5, 0.6) is 0 Å². The fraction of sp³-hybridized carbons (Fsp3) is 0.333. The van der Waals surface area contributed by atoms with Crippen LogP contribution in [0.2, 0.25) is 0 Å². The molecule has 25 heavy (non-hydrogen) atoms. The number of halogens is 1. The fourth-order valence-electron chi connectivity index (χ4n) is 2.35. The molecule has 0 saturated carbocycles. The highest BCUT2D eigenvalue weighted by Crippen LogP contribution is 2.34. The molecule has 0 aliphatic carbocycles. The van der Waals surface area contributed by atoms with E-state index in [1.807, 2.05) is 38.1 Å². The third kappa shape index (κ3) is 5.33. The molecule has 0 radical (unpaired) electrons. The molecule has 0 aliphatic heterocycles. The number of benzene rings is 1. The summed E-state index contributed by atoms with van der Waals surface area (Å²) < 4.78 is 6.15. The van der Waals surface area contributed by atoms with Crippen LogP contribution in [-0.2, 0) is 16.0 Å². The smallest absolute Gasteiger partial charge is 0.341 e. The SMILES string of the molecule is CCOC(=O)c1c(NC(=O)CSc2ccc(Br)cc2)sc(C)c1CC. The number of amides is 1. The number of hydrogen-bond donors (Lipinski definition) is 1. The maximum Gasteiger partial charge on any atom is 0.341 e. The standard InChI is InChI=1S/C18H20BrNO3S2/c1-4-14-11(3)25-17(16(14)18(22)23-5-2)20-15(21)10-24-13-8-6-12(19)7-9-13/h6-9H,4-5,10H2,1-3H3,(H,20,21). The minimum atomic E-state index is -0.375. The summed E-state index contributed by atoms with van der Waals surface area (Å²) in [7, 11) is 0. The lowest BCUT2D eigenvalue weighted by atomic mass is 10.1. The Morgan fingerprint density at radius 3 is 2.52 bits per heavy atom. The Morgan fingerprint density at radius 2 is 1.92 bits per heavy atom. The normalized spacial score (nSPS) is 10.6. The van der Waals surface area contributed by atoms with E-state index in [1.54, 1.807) is 6.92 Å². The Bertz CT molecular complexity index is 756. The van der Waals surface area contributed by atoms with Crippen molar-refractivity contribution in [3.8, 4) is 0 Å². The van der Waals surface area contributed by atoms with Gasteiger partial charge in [0.05, 0.1) is 17.9 Å². The minimum absolute atomic E-state index is 0.137. The van der Waals surface area contributed by atoms with Crippen molar-refractivity contribution >= 4 is 55.9 Å². The van der Waals surface area contributed by atoms with Crippen molar-refractivity contribution < 1.29 is 14.3 Å². The van der Waals surface area contributed by atoms with Crippen molar-refractivity contribution in [3.05, 3.63) is 44.7 Å². The van der Waals surface area contributed by atoms with Gasteiger partial charge >= 0.3 is 5.97 Å². The van der Waals surface area contributed by atoms with E-state index in [2.05, 4.69) is 21.2 Å². The molecule has 0 bridgehead atoms. The van der Waals surface area contributed by atoms with E-state index in [0.29, 0.717) is 17.2 Å². The first-order valence-corrected chi connectivity index (χ1v) is 10.5. The summed E-state index contributed by atoms with van der Waals surface area (Å²) in [5.74, 6) is -0.232. The number of esters is 1. The van der Waals surface area contributed by atoms with Crippen LogP contribution < -0.4 is 5.32 Å². The molecule has 0 spiro atoms. The fourth-order valence-corrected chi connectivity index (χ4v) is 4.47. The lowest BCUT2D eigenvalue weighted by Crippen LogP contribution is -2.16. The molecule has 0 atom stereocenters. The van der Waals surface area contributed by atoms with Gasteiger partial charge in [-0.2, -0.15) is 0 Å². The number of rotatable bonds is 7. The third-order valence-electron chi connectivity index (χ3n) is 3.48. The highest BCUT2D eigenvalue weighted by molar-refractivity contribution is 9.10. The van der Waals surface area contributed by atoms with E-state index in [1.165, 1.54) is 23.1 Å². The van der Waals surface area contributed by atoms with Gasteiger partial charge in [-0.3, -0.25) is 4.79 Å². The molecule has 2 rings (SSSR count). The number of aryl methyl sites for hydroxylation is 1. The zero-order valence-corrected chi connectivity index (χ0v) is 17.6. The van der Waals surface area contributed by atoms with Gasteiger partial charge in [-0.05, 0) is 50.1 Å². The second kappa shape index (κ2) is 9.40. The summed E-state index contributed by atoms with van der Waals surface area (Å²) in [5, 5.41) is 3.45. The lowest BCUT2D eigenvalue weighted by Gasteiger charge is -2.08. The number of anilines is 1. The second-order valence-corrected chi connectivity index (χ2v) is 8.39. The van der Waals surface area contributed by atoms with Gasteiger partial charge in [0.25, 0.3) is 0 Å². The van der Waals surface area contributed by atoms with Crippen LogP contribution in [0.25, 0.3) is 0 Å². The van der Waals surface area contributed by atoms with Crippen molar-refractivity contribution in [2.75, 3.05) is 17.7 Å². The number of thioether (sulfide) groups is 1. The maximum absolute atomic E-state index is 12.3. The Balaban J connectivity index is 2.09. The summed E-state index contributed by atoms with van der Waals surface area (Å²) in [4.78, 5) is 26.6. The quantitative estimate of drug-likeness (QED) is 0.468. The van der Waals surface area contributed by atoms with Crippen LogP contribution in [-0.4, -0.2) is 24.2 Å². The highest BCUT2D eigenvalue weighted by atomic mass is 79.9. The molecule has 1 heterocycles.